The second kappa shape index (κ2) is 6.31. The zero-order valence-corrected chi connectivity index (χ0v) is 11.7. The standard InChI is InChI=1S/C13H17NOS2/c1-10(8-15-2)14-7-12-6-11(9-17-12)13-4-3-5-16-13/h3-6,9-10,14H,7-8H2,1-2H3. The molecule has 17 heavy (non-hydrogen) atoms. The van der Waals surface area contributed by atoms with Gasteiger partial charge in [-0.3, -0.25) is 0 Å². The van der Waals surface area contributed by atoms with Crippen LogP contribution in [0.15, 0.2) is 29.0 Å². The Kier molecular flexibility index (Phi) is 4.74. The summed E-state index contributed by atoms with van der Waals surface area (Å²) in [5, 5.41) is 7.79. The van der Waals surface area contributed by atoms with Crippen LogP contribution in [-0.2, 0) is 11.3 Å². The number of thiophene rings is 2. The van der Waals surface area contributed by atoms with Gasteiger partial charge in [-0.05, 0) is 29.8 Å². The van der Waals surface area contributed by atoms with Gasteiger partial charge in [0.25, 0.3) is 0 Å². The summed E-state index contributed by atoms with van der Waals surface area (Å²) >= 11 is 3.60. The van der Waals surface area contributed by atoms with Gasteiger partial charge in [-0.15, -0.1) is 22.7 Å². The maximum Gasteiger partial charge on any atom is 0.0613 e. The van der Waals surface area contributed by atoms with Crippen molar-refractivity contribution in [3.63, 3.8) is 0 Å². The predicted molar refractivity (Wildman–Crippen MR) is 75.8 cm³/mol. The van der Waals surface area contributed by atoms with Gasteiger partial charge in [-0.1, -0.05) is 6.07 Å². The molecule has 2 aromatic heterocycles. The molecule has 1 unspecified atom stereocenters. The van der Waals surface area contributed by atoms with Crippen molar-refractivity contribution < 1.29 is 4.74 Å². The largest absolute Gasteiger partial charge is 0.383 e. The molecule has 0 aromatic carbocycles. The Balaban J connectivity index is 1.91. The molecule has 0 aliphatic carbocycles. The van der Waals surface area contributed by atoms with E-state index < -0.39 is 0 Å². The molecule has 0 aliphatic rings. The van der Waals surface area contributed by atoms with E-state index in [2.05, 4.69) is 41.2 Å². The summed E-state index contributed by atoms with van der Waals surface area (Å²) in [4.78, 5) is 2.72. The Morgan fingerprint density at radius 3 is 3.00 bits per heavy atom. The summed E-state index contributed by atoms with van der Waals surface area (Å²) in [6.45, 7) is 3.81. The second-order valence-corrected chi connectivity index (χ2v) is 5.96. The molecule has 0 amide bonds. The van der Waals surface area contributed by atoms with Crippen molar-refractivity contribution in [2.75, 3.05) is 13.7 Å². The van der Waals surface area contributed by atoms with Crippen LogP contribution >= 0.6 is 22.7 Å². The molecule has 2 aromatic rings. The van der Waals surface area contributed by atoms with E-state index in [1.54, 1.807) is 18.4 Å². The zero-order valence-electron chi connectivity index (χ0n) is 10.1. The van der Waals surface area contributed by atoms with Crippen molar-refractivity contribution in [3.05, 3.63) is 33.8 Å². The first-order valence-electron chi connectivity index (χ1n) is 5.63. The van der Waals surface area contributed by atoms with Gasteiger partial charge < -0.3 is 10.1 Å². The number of hydrogen-bond donors (Lipinski definition) is 1. The fourth-order valence-corrected chi connectivity index (χ4v) is 3.25. The molecule has 92 valence electrons. The topological polar surface area (TPSA) is 21.3 Å². The van der Waals surface area contributed by atoms with Crippen LogP contribution in [0.4, 0.5) is 0 Å². The third kappa shape index (κ3) is 3.64. The fraction of sp³-hybridized carbons (Fsp3) is 0.385. The van der Waals surface area contributed by atoms with Gasteiger partial charge in [-0.2, -0.15) is 0 Å². The quantitative estimate of drug-likeness (QED) is 0.863. The molecule has 1 atom stereocenters. The smallest absolute Gasteiger partial charge is 0.0613 e. The Morgan fingerprint density at radius 1 is 1.41 bits per heavy atom. The highest BCUT2D eigenvalue weighted by atomic mass is 32.1. The SMILES string of the molecule is COCC(C)NCc1cc(-c2cccs2)cs1. The minimum atomic E-state index is 0.396. The molecule has 4 heteroatoms. The van der Waals surface area contributed by atoms with Crippen LogP contribution in [0.5, 0.6) is 0 Å². The molecule has 0 spiro atoms. The number of hydrogen-bond acceptors (Lipinski definition) is 4. The first-order valence-corrected chi connectivity index (χ1v) is 7.39. The molecule has 2 rings (SSSR count). The third-order valence-corrected chi connectivity index (χ3v) is 4.36. The highest BCUT2D eigenvalue weighted by Gasteiger charge is 2.05. The number of rotatable bonds is 6. The molecule has 2 nitrogen and oxygen atoms in total. The lowest BCUT2D eigenvalue weighted by atomic mass is 10.2. The Bertz CT molecular complexity index is 436. The number of nitrogens with one attached hydrogen (secondary N) is 1. The van der Waals surface area contributed by atoms with Crippen molar-refractivity contribution in [1.29, 1.82) is 0 Å². The number of ether oxygens (including phenoxy) is 1. The normalized spacial score (nSPS) is 12.8. The highest BCUT2D eigenvalue weighted by Crippen LogP contribution is 2.29. The predicted octanol–water partition coefficient (Wildman–Crippen LogP) is 3.60. The summed E-state index contributed by atoms with van der Waals surface area (Å²) in [5.74, 6) is 0. The van der Waals surface area contributed by atoms with Gasteiger partial charge in [-0.25, -0.2) is 0 Å². The van der Waals surface area contributed by atoms with Gasteiger partial charge in [0.05, 0.1) is 6.61 Å². The summed E-state index contributed by atoms with van der Waals surface area (Å²) in [6.07, 6.45) is 0. The molecule has 0 fully saturated rings. The first-order chi connectivity index (χ1) is 8.29. The minimum absolute atomic E-state index is 0.396. The van der Waals surface area contributed by atoms with Crippen LogP contribution in [0.25, 0.3) is 10.4 Å². The van der Waals surface area contributed by atoms with Crippen LogP contribution in [-0.4, -0.2) is 19.8 Å². The zero-order chi connectivity index (χ0) is 12.1. The summed E-state index contributed by atoms with van der Waals surface area (Å²) in [7, 11) is 1.73. The Hall–Kier alpha value is -0.680. The van der Waals surface area contributed by atoms with Gasteiger partial charge in [0.15, 0.2) is 0 Å². The van der Waals surface area contributed by atoms with Gasteiger partial charge in [0, 0.05) is 35.0 Å². The minimum Gasteiger partial charge on any atom is -0.383 e. The molecule has 1 N–H and O–H groups in total. The van der Waals surface area contributed by atoms with Crippen LogP contribution in [0, 0.1) is 0 Å². The van der Waals surface area contributed by atoms with Crippen molar-refractivity contribution in [2.45, 2.75) is 19.5 Å². The van der Waals surface area contributed by atoms with Gasteiger partial charge in [0.1, 0.15) is 0 Å². The first kappa shape index (κ1) is 12.8. The van der Waals surface area contributed by atoms with Crippen molar-refractivity contribution in [1.82, 2.24) is 5.32 Å². The summed E-state index contributed by atoms with van der Waals surface area (Å²) < 4.78 is 5.10. The molecule has 0 saturated carbocycles. The summed E-state index contributed by atoms with van der Waals surface area (Å²) in [5.41, 5.74) is 1.33. The maximum absolute atomic E-state index is 5.10. The van der Waals surface area contributed by atoms with E-state index in [-0.39, 0.29) is 0 Å². The lowest BCUT2D eigenvalue weighted by Crippen LogP contribution is -2.29. The molecule has 0 saturated heterocycles. The summed E-state index contributed by atoms with van der Waals surface area (Å²) in [6, 6.07) is 6.92. The van der Waals surface area contributed by atoms with Gasteiger partial charge >= 0.3 is 0 Å². The van der Waals surface area contributed by atoms with Crippen molar-refractivity contribution >= 4 is 22.7 Å². The third-order valence-electron chi connectivity index (χ3n) is 2.50. The lowest BCUT2D eigenvalue weighted by Gasteiger charge is -2.11. The monoisotopic (exact) mass is 267 g/mol. The molecule has 0 radical (unpaired) electrons. The van der Waals surface area contributed by atoms with Crippen molar-refractivity contribution in [2.24, 2.45) is 0 Å². The van der Waals surface area contributed by atoms with E-state index >= 15 is 0 Å². The van der Waals surface area contributed by atoms with E-state index in [9.17, 15) is 0 Å². The molecule has 0 bridgehead atoms. The van der Waals surface area contributed by atoms with E-state index in [1.165, 1.54) is 15.3 Å². The van der Waals surface area contributed by atoms with Crippen molar-refractivity contribution in [3.8, 4) is 10.4 Å². The fourth-order valence-electron chi connectivity index (χ4n) is 1.63. The second-order valence-electron chi connectivity index (χ2n) is 4.02. The highest BCUT2D eigenvalue weighted by molar-refractivity contribution is 7.14. The molecule has 0 aliphatic heterocycles. The maximum atomic E-state index is 5.10. The van der Waals surface area contributed by atoms with E-state index in [0.29, 0.717) is 6.04 Å². The molecular formula is C13H17NOS2. The van der Waals surface area contributed by atoms with E-state index in [4.69, 9.17) is 4.74 Å². The average Bonchev–Trinajstić information content (AvgIpc) is 2.97. The van der Waals surface area contributed by atoms with Gasteiger partial charge in [0.2, 0.25) is 0 Å². The van der Waals surface area contributed by atoms with E-state index in [1.807, 2.05) is 11.3 Å². The molecule has 2 heterocycles. The lowest BCUT2D eigenvalue weighted by molar-refractivity contribution is 0.172. The Morgan fingerprint density at radius 2 is 2.29 bits per heavy atom. The van der Waals surface area contributed by atoms with Crippen LogP contribution in [0.2, 0.25) is 0 Å². The van der Waals surface area contributed by atoms with Crippen LogP contribution < -0.4 is 5.32 Å². The number of methoxy groups -OCH3 is 1. The van der Waals surface area contributed by atoms with Crippen LogP contribution in [0.3, 0.4) is 0 Å². The van der Waals surface area contributed by atoms with Crippen LogP contribution in [0.1, 0.15) is 11.8 Å². The van der Waals surface area contributed by atoms with E-state index in [0.717, 1.165) is 13.2 Å². The Labute approximate surface area is 110 Å². The average molecular weight is 267 g/mol. The molecular weight excluding hydrogens is 250 g/mol.